The first kappa shape index (κ1) is 10.4. The van der Waals surface area contributed by atoms with Crippen LogP contribution in [0.1, 0.15) is 6.92 Å². The molecule has 1 unspecified atom stereocenters. The van der Waals surface area contributed by atoms with Gasteiger partial charge in [-0.05, 0) is 6.92 Å². The first-order valence-electron chi connectivity index (χ1n) is 2.13. The van der Waals surface area contributed by atoms with E-state index in [1.54, 1.807) is 6.92 Å². The van der Waals surface area contributed by atoms with E-state index in [9.17, 15) is 0 Å². The Morgan fingerprint density at radius 2 is 2.00 bits per heavy atom. The molecule has 4 heteroatoms. The molecule has 0 saturated heterocycles. The number of rotatable bonds is 1. The van der Waals surface area contributed by atoms with E-state index in [2.05, 4.69) is 0 Å². The maximum absolute atomic E-state index is 8.36. The highest BCUT2D eigenvalue weighted by Crippen LogP contribution is 1.62. The summed E-state index contributed by atoms with van der Waals surface area (Å²) in [4.78, 5) is 8.36. The molecular weight excluding hydrogens is 110 g/mol. The largest absolute Gasteiger partial charge is 0.483 e. The van der Waals surface area contributed by atoms with Crippen LogP contribution in [0.4, 0.5) is 0 Å². The molecule has 0 bridgehead atoms. The summed E-state index contributed by atoms with van der Waals surface area (Å²) in [7, 11) is 0. The summed E-state index contributed by atoms with van der Waals surface area (Å²) in [5.74, 6) is 0. The molecule has 0 aromatic carbocycles. The Bertz CT molecular complexity index is 46.5. The molecule has 0 spiro atoms. The summed E-state index contributed by atoms with van der Waals surface area (Å²) in [6.45, 7) is 1.58. The van der Waals surface area contributed by atoms with Crippen molar-refractivity contribution >= 4 is 6.47 Å². The molecule has 0 fully saturated rings. The summed E-state index contributed by atoms with van der Waals surface area (Å²) in [6, 6.07) is -0.0602. The third kappa shape index (κ3) is 53.8. The SMILES string of the molecule is CC(N)CO.O=CO. The molecule has 4 nitrogen and oxygen atoms in total. The smallest absolute Gasteiger partial charge is 0.290 e. The summed E-state index contributed by atoms with van der Waals surface area (Å²) in [6.07, 6.45) is 0. The molecule has 0 heterocycles. The fourth-order valence-electron chi connectivity index (χ4n) is 0. The van der Waals surface area contributed by atoms with Gasteiger partial charge >= 0.3 is 0 Å². The molecule has 8 heavy (non-hydrogen) atoms. The van der Waals surface area contributed by atoms with Crippen molar-refractivity contribution in [3.05, 3.63) is 0 Å². The molecule has 0 aromatic rings. The fourth-order valence-corrected chi connectivity index (χ4v) is 0. The van der Waals surface area contributed by atoms with Gasteiger partial charge in [0.1, 0.15) is 0 Å². The highest BCUT2D eigenvalue weighted by atomic mass is 16.3. The molecule has 50 valence electrons. The van der Waals surface area contributed by atoms with Crippen molar-refractivity contribution in [2.75, 3.05) is 6.61 Å². The maximum Gasteiger partial charge on any atom is 0.290 e. The molecule has 1 atom stereocenters. The number of aliphatic hydroxyl groups is 1. The van der Waals surface area contributed by atoms with Crippen molar-refractivity contribution in [3.8, 4) is 0 Å². The van der Waals surface area contributed by atoms with E-state index in [-0.39, 0.29) is 19.1 Å². The van der Waals surface area contributed by atoms with Crippen molar-refractivity contribution in [2.45, 2.75) is 13.0 Å². The number of hydrogen-bond acceptors (Lipinski definition) is 3. The van der Waals surface area contributed by atoms with Crippen molar-refractivity contribution < 1.29 is 15.0 Å². The zero-order valence-corrected chi connectivity index (χ0v) is 4.74. The van der Waals surface area contributed by atoms with Gasteiger partial charge < -0.3 is 15.9 Å². The standard InChI is InChI=1S/C3H9NO.CH2O2/c1-3(4)2-5;2-1-3/h3,5H,2,4H2,1H3;1H,(H,2,3). The molecule has 0 aliphatic rings. The lowest BCUT2D eigenvalue weighted by atomic mass is 10.4. The Labute approximate surface area is 47.9 Å². The Morgan fingerprint density at radius 1 is 1.88 bits per heavy atom. The van der Waals surface area contributed by atoms with E-state index >= 15 is 0 Å². The maximum atomic E-state index is 8.36. The molecule has 0 aliphatic carbocycles. The second-order valence-electron chi connectivity index (χ2n) is 1.27. The lowest BCUT2D eigenvalue weighted by Gasteiger charge is -1.91. The Kier molecular flexibility index (Phi) is 12.5. The number of nitrogens with two attached hydrogens (primary N) is 1. The van der Waals surface area contributed by atoms with Gasteiger partial charge in [-0.25, -0.2) is 0 Å². The number of aliphatic hydroxyl groups excluding tert-OH is 1. The zero-order valence-electron chi connectivity index (χ0n) is 4.74. The highest BCUT2D eigenvalue weighted by Gasteiger charge is 1.81. The lowest BCUT2D eigenvalue weighted by molar-refractivity contribution is -0.122. The van der Waals surface area contributed by atoms with Crippen LogP contribution >= 0.6 is 0 Å². The van der Waals surface area contributed by atoms with Gasteiger partial charge in [0.25, 0.3) is 6.47 Å². The van der Waals surface area contributed by atoms with Crippen molar-refractivity contribution in [1.29, 1.82) is 0 Å². The average Bonchev–Trinajstić information content (AvgIpc) is 1.69. The van der Waals surface area contributed by atoms with E-state index < -0.39 is 0 Å². The van der Waals surface area contributed by atoms with Crippen molar-refractivity contribution in [2.24, 2.45) is 5.73 Å². The van der Waals surface area contributed by atoms with Crippen LogP contribution in [0.25, 0.3) is 0 Å². The fraction of sp³-hybridized carbons (Fsp3) is 0.750. The van der Waals surface area contributed by atoms with E-state index in [1.807, 2.05) is 0 Å². The van der Waals surface area contributed by atoms with E-state index in [0.717, 1.165) is 0 Å². The van der Waals surface area contributed by atoms with Gasteiger partial charge in [0.15, 0.2) is 0 Å². The first-order valence-corrected chi connectivity index (χ1v) is 2.13. The predicted molar refractivity (Wildman–Crippen MR) is 29.4 cm³/mol. The zero-order chi connectivity index (χ0) is 6.99. The van der Waals surface area contributed by atoms with E-state index in [0.29, 0.717) is 0 Å². The third-order valence-electron chi connectivity index (χ3n) is 0.288. The summed E-state index contributed by atoms with van der Waals surface area (Å²) in [5.41, 5.74) is 5.04. The van der Waals surface area contributed by atoms with Crippen LogP contribution in [0.3, 0.4) is 0 Å². The first-order chi connectivity index (χ1) is 3.68. The molecule has 0 aliphatic heterocycles. The molecule has 0 radical (unpaired) electrons. The van der Waals surface area contributed by atoms with Gasteiger partial charge in [0, 0.05) is 6.04 Å². The molecular formula is C4H11NO3. The lowest BCUT2D eigenvalue weighted by Crippen LogP contribution is -2.18. The number of carbonyl (C=O) groups is 1. The predicted octanol–water partition coefficient (Wildman–Crippen LogP) is -0.973. The van der Waals surface area contributed by atoms with Gasteiger partial charge in [0.2, 0.25) is 0 Å². The molecule has 0 saturated carbocycles. The van der Waals surface area contributed by atoms with Gasteiger partial charge in [-0.15, -0.1) is 0 Å². The number of carboxylic acid groups (broad SMARTS) is 1. The van der Waals surface area contributed by atoms with E-state index in [1.165, 1.54) is 0 Å². The average molecular weight is 121 g/mol. The molecule has 4 N–H and O–H groups in total. The van der Waals surface area contributed by atoms with Crippen LogP contribution in [0.15, 0.2) is 0 Å². The summed E-state index contributed by atoms with van der Waals surface area (Å²) in [5, 5.41) is 14.9. The van der Waals surface area contributed by atoms with Crippen molar-refractivity contribution in [1.82, 2.24) is 0 Å². The van der Waals surface area contributed by atoms with Crippen LogP contribution in [-0.2, 0) is 4.79 Å². The minimum absolute atomic E-state index is 0.0602. The monoisotopic (exact) mass is 121 g/mol. The second-order valence-corrected chi connectivity index (χ2v) is 1.27. The van der Waals surface area contributed by atoms with Crippen molar-refractivity contribution in [3.63, 3.8) is 0 Å². The highest BCUT2D eigenvalue weighted by molar-refractivity contribution is 5.32. The third-order valence-corrected chi connectivity index (χ3v) is 0.288. The number of hydrogen-bond donors (Lipinski definition) is 3. The topological polar surface area (TPSA) is 83.5 Å². The van der Waals surface area contributed by atoms with Crippen LogP contribution < -0.4 is 5.73 Å². The molecule has 0 aromatic heterocycles. The van der Waals surface area contributed by atoms with Gasteiger partial charge in [-0.3, -0.25) is 4.79 Å². The summed E-state index contributed by atoms with van der Waals surface area (Å²) < 4.78 is 0. The minimum Gasteiger partial charge on any atom is -0.483 e. The second kappa shape index (κ2) is 9.63. The molecule has 0 amide bonds. The van der Waals surface area contributed by atoms with Gasteiger partial charge in [-0.2, -0.15) is 0 Å². The Balaban J connectivity index is 0. The van der Waals surface area contributed by atoms with Crippen LogP contribution in [0, 0.1) is 0 Å². The molecule has 0 rings (SSSR count). The Morgan fingerprint density at radius 3 is 2.00 bits per heavy atom. The van der Waals surface area contributed by atoms with Crippen LogP contribution in [-0.4, -0.2) is 29.3 Å². The van der Waals surface area contributed by atoms with Gasteiger partial charge in [0.05, 0.1) is 6.61 Å². The van der Waals surface area contributed by atoms with Gasteiger partial charge in [-0.1, -0.05) is 0 Å². The summed E-state index contributed by atoms with van der Waals surface area (Å²) >= 11 is 0. The quantitative estimate of drug-likeness (QED) is 0.389. The van der Waals surface area contributed by atoms with E-state index in [4.69, 9.17) is 20.7 Å². The minimum atomic E-state index is -0.250. The Hall–Kier alpha value is -0.610. The van der Waals surface area contributed by atoms with Crippen LogP contribution in [0.5, 0.6) is 0 Å². The van der Waals surface area contributed by atoms with Crippen LogP contribution in [0.2, 0.25) is 0 Å². The normalized spacial score (nSPS) is 10.9.